The maximum absolute atomic E-state index is 13.5. The van der Waals surface area contributed by atoms with Gasteiger partial charge in [-0.3, -0.25) is 4.79 Å². The third-order valence-electron chi connectivity index (χ3n) is 4.49. The molecule has 1 amide bonds. The van der Waals surface area contributed by atoms with Gasteiger partial charge in [0.15, 0.2) is 6.61 Å². The molecule has 25 heavy (non-hydrogen) atoms. The first-order chi connectivity index (χ1) is 12.0. The first-order valence-electron chi connectivity index (χ1n) is 8.02. The van der Waals surface area contributed by atoms with Crippen LogP contribution in [0, 0.1) is 5.82 Å². The zero-order valence-corrected chi connectivity index (χ0v) is 13.5. The third-order valence-corrected chi connectivity index (χ3v) is 4.49. The topological polar surface area (TPSA) is 75.6 Å². The van der Waals surface area contributed by atoms with Gasteiger partial charge in [0.2, 0.25) is 5.91 Å². The first kappa shape index (κ1) is 17.0. The van der Waals surface area contributed by atoms with Crippen LogP contribution in [0.25, 0.3) is 0 Å². The van der Waals surface area contributed by atoms with Crippen LogP contribution in [0.15, 0.2) is 48.5 Å². The van der Waals surface area contributed by atoms with Gasteiger partial charge < -0.3 is 15.2 Å². The van der Waals surface area contributed by atoms with E-state index in [1.807, 2.05) is 0 Å². The van der Waals surface area contributed by atoms with E-state index in [4.69, 9.17) is 9.84 Å². The second kappa shape index (κ2) is 6.93. The third kappa shape index (κ3) is 3.63. The second-order valence-electron chi connectivity index (χ2n) is 6.11. The molecule has 2 aromatic carbocycles. The molecule has 0 saturated heterocycles. The average Bonchev–Trinajstić information content (AvgIpc) is 2.53. The Bertz CT molecular complexity index is 784. The molecule has 2 aromatic rings. The van der Waals surface area contributed by atoms with E-state index in [1.165, 1.54) is 12.1 Å². The zero-order chi connectivity index (χ0) is 17.9. The number of ether oxygens (including phenoxy) is 1. The Hall–Kier alpha value is -2.89. The Morgan fingerprint density at radius 2 is 1.88 bits per heavy atom. The van der Waals surface area contributed by atoms with Crippen molar-refractivity contribution in [3.8, 4) is 5.75 Å². The van der Waals surface area contributed by atoms with Crippen molar-refractivity contribution in [3.63, 3.8) is 0 Å². The lowest BCUT2D eigenvalue weighted by Gasteiger charge is -2.40. The number of carboxylic acid groups (broad SMARTS) is 1. The standard InChI is InChI=1S/C19H18FNO4/c20-14-4-1-3-13(11-14)19(9-2-10-19)18(24)21-15-5-7-16(8-6-15)25-12-17(22)23/h1,3-8,11H,2,9-10,12H2,(H,21,24)(H,22,23). The van der Waals surface area contributed by atoms with Gasteiger partial charge >= 0.3 is 5.97 Å². The van der Waals surface area contributed by atoms with E-state index in [1.54, 1.807) is 36.4 Å². The highest BCUT2D eigenvalue weighted by molar-refractivity contribution is 6.00. The van der Waals surface area contributed by atoms with Crippen LogP contribution in [0.5, 0.6) is 5.75 Å². The quantitative estimate of drug-likeness (QED) is 0.843. The molecule has 0 heterocycles. The summed E-state index contributed by atoms with van der Waals surface area (Å²) in [5.41, 5.74) is 0.577. The molecule has 0 radical (unpaired) electrons. The van der Waals surface area contributed by atoms with E-state index in [-0.39, 0.29) is 11.7 Å². The van der Waals surface area contributed by atoms with Crippen LogP contribution in [0.3, 0.4) is 0 Å². The molecule has 0 aliphatic heterocycles. The largest absolute Gasteiger partial charge is 0.482 e. The molecule has 1 aliphatic rings. The molecule has 6 heteroatoms. The molecule has 1 fully saturated rings. The number of carboxylic acids is 1. The number of amides is 1. The SMILES string of the molecule is O=C(O)COc1ccc(NC(=O)C2(c3cccc(F)c3)CCC2)cc1. The molecule has 3 rings (SSSR count). The molecular formula is C19H18FNO4. The Kier molecular flexibility index (Phi) is 4.70. The van der Waals surface area contributed by atoms with Crippen molar-refractivity contribution in [1.82, 2.24) is 0 Å². The molecule has 1 saturated carbocycles. The highest BCUT2D eigenvalue weighted by Crippen LogP contribution is 2.44. The summed E-state index contributed by atoms with van der Waals surface area (Å²) in [6.45, 7) is -0.422. The molecule has 0 unspecified atom stereocenters. The maximum Gasteiger partial charge on any atom is 0.341 e. The minimum Gasteiger partial charge on any atom is -0.482 e. The Labute approximate surface area is 144 Å². The Morgan fingerprint density at radius 3 is 2.44 bits per heavy atom. The van der Waals surface area contributed by atoms with E-state index < -0.39 is 18.0 Å². The number of carbonyl (C=O) groups is 2. The van der Waals surface area contributed by atoms with Crippen LogP contribution in [0.4, 0.5) is 10.1 Å². The van der Waals surface area contributed by atoms with Gasteiger partial charge in [0, 0.05) is 5.69 Å². The van der Waals surface area contributed by atoms with Crippen molar-refractivity contribution < 1.29 is 23.8 Å². The van der Waals surface area contributed by atoms with Crippen molar-refractivity contribution in [2.45, 2.75) is 24.7 Å². The molecule has 0 bridgehead atoms. The fourth-order valence-electron chi connectivity index (χ4n) is 2.99. The summed E-state index contributed by atoms with van der Waals surface area (Å²) in [6.07, 6.45) is 2.29. The van der Waals surface area contributed by atoms with Gasteiger partial charge in [0.05, 0.1) is 5.41 Å². The smallest absolute Gasteiger partial charge is 0.341 e. The summed E-state index contributed by atoms with van der Waals surface area (Å²) in [7, 11) is 0. The summed E-state index contributed by atoms with van der Waals surface area (Å²) in [4.78, 5) is 23.3. The summed E-state index contributed by atoms with van der Waals surface area (Å²) in [5.74, 6) is -1.16. The number of anilines is 1. The molecule has 5 nitrogen and oxygen atoms in total. The van der Waals surface area contributed by atoms with Gasteiger partial charge in [-0.2, -0.15) is 0 Å². The number of hydrogen-bond acceptors (Lipinski definition) is 3. The molecule has 1 aliphatic carbocycles. The highest BCUT2D eigenvalue weighted by Gasteiger charge is 2.45. The molecule has 130 valence electrons. The fraction of sp³-hybridized carbons (Fsp3) is 0.263. The molecule has 2 N–H and O–H groups in total. The van der Waals surface area contributed by atoms with E-state index in [0.29, 0.717) is 29.8 Å². The molecule has 0 atom stereocenters. The lowest BCUT2D eigenvalue weighted by molar-refractivity contribution is -0.139. The maximum atomic E-state index is 13.5. The first-order valence-corrected chi connectivity index (χ1v) is 8.02. The lowest BCUT2D eigenvalue weighted by atomic mass is 9.63. The number of rotatable bonds is 6. The Balaban J connectivity index is 1.71. The minimum absolute atomic E-state index is 0.163. The highest BCUT2D eigenvalue weighted by atomic mass is 19.1. The number of benzene rings is 2. The van der Waals surface area contributed by atoms with E-state index in [9.17, 15) is 14.0 Å². The van der Waals surface area contributed by atoms with Crippen molar-refractivity contribution in [1.29, 1.82) is 0 Å². The van der Waals surface area contributed by atoms with Crippen LogP contribution in [0.2, 0.25) is 0 Å². The van der Waals surface area contributed by atoms with Gasteiger partial charge in [-0.1, -0.05) is 18.6 Å². The predicted molar refractivity (Wildman–Crippen MR) is 90.1 cm³/mol. The minimum atomic E-state index is -1.06. The molecule has 0 aromatic heterocycles. The zero-order valence-electron chi connectivity index (χ0n) is 13.5. The predicted octanol–water partition coefficient (Wildman–Crippen LogP) is 3.35. The van der Waals surface area contributed by atoms with Crippen LogP contribution < -0.4 is 10.1 Å². The van der Waals surface area contributed by atoms with Crippen LogP contribution in [-0.2, 0) is 15.0 Å². The van der Waals surface area contributed by atoms with Gasteiger partial charge in [0.25, 0.3) is 0 Å². The summed E-state index contributed by atoms with van der Waals surface area (Å²) in [5, 5.41) is 11.5. The summed E-state index contributed by atoms with van der Waals surface area (Å²) in [6, 6.07) is 12.7. The lowest BCUT2D eigenvalue weighted by Crippen LogP contribution is -2.46. The number of nitrogens with one attached hydrogen (secondary N) is 1. The van der Waals surface area contributed by atoms with E-state index in [0.717, 1.165) is 6.42 Å². The van der Waals surface area contributed by atoms with Crippen molar-refractivity contribution in [2.75, 3.05) is 11.9 Å². The van der Waals surface area contributed by atoms with Crippen LogP contribution in [0.1, 0.15) is 24.8 Å². The van der Waals surface area contributed by atoms with Crippen molar-refractivity contribution in [2.24, 2.45) is 0 Å². The summed E-state index contributed by atoms with van der Waals surface area (Å²) >= 11 is 0. The number of aliphatic carboxylic acids is 1. The normalized spacial score (nSPS) is 15.1. The van der Waals surface area contributed by atoms with Crippen molar-refractivity contribution >= 4 is 17.6 Å². The molecule has 0 spiro atoms. The monoisotopic (exact) mass is 343 g/mol. The number of hydrogen-bond donors (Lipinski definition) is 2. The van der Waals surface area contributed by atoms with Gasteiger partial charge in [-0.15, -0.1) is 0 Å². The second-order valence-corrected chi connectivity index (χ2v) is 6.11. The fourth-order valence-corrected chi connectivity index (χ4v) is 2.99. The van der Waals surface area contributed by atoms with Gasteiger partial charge in [0.1, 0.15) is 11.6 Å². The summed E-state index contributed by atoms with van der Waals surface area (Å²) < 4.78 is 18.6. The van der Waals surface area contributed by atoms with Crippen LogP contribution >= 0.6 is 0 Å². The number of carbonyl (C=O) groups excluding carboxylic acids is 1. The van der Waals surface area contributed by atoms with E-state index >= 15 is 0 Å². The molecular weight excluding hydrogens is 325 g/mol. The van der Waals surface area contributed by atoms with Crippen molar-refractivity contribution in [3.05, 3.63) is 59.9 Å². The van der Waals surface area contributed by atoms with Crippen LogP contribution in [-0.4, -0.2) is 23.6 Å². The van der Waals surface area contributed by atoms with Gasteiger partial charge in [-0.25, -0.2) is 9.18 Å². The Morgan fingerprint density at radius 1 is 1.16 bits per heavy atom. The average molecular weight is 343 g/mol. The number of halogens is 1. The van der Waals surface area contributed by atoms with Gasteiger partial charge in [-0.05, 0) is 54.8 Å². The van der Waals surface area contributed by atoms with E-state index in [2.05, 4.69) is 5.32 Å².